The number of benzene rings is 1. The number of methoxy groups -OCH3 is 1. The van der Waals surface area contributed by atoms with E-state index in [1.165, 1.54) is 0 Å². The van der Waals surface area contributed by atoms with Gasteiger partial charge in [0.2, 0.25) is 0 Å². The molecule has 138 valence electrons. The molecule has 1 fully saturated rings. The Labute approximate surface area is 168 Å². The number of anilines is 1. The highest BCUT2D eigenvalue weighted by atomic mass is 35.5. The first kappa shape index (κ1) is 17.8. The molecule has 0 saturated carbocycles. The number of thiocarbonyl (C=S) groups is 1. The quantitative estimate of drug-likeness (QED) is 0.665. The average molecular weight is 399 g/mol. The predicted molar refractivity (Wildman–Crippen MR) is 111 cm³/mol. The molecule has 1 N–H and O–H groups in total. The van der Waals surface area contributed by atoms with Gasteiger partial charge in [-0.25, -0.2) is 0 Å². The summed E-state index contributed by atoms with van der Waals surface area (Å²) in [5, 5.41) is 4.62. The molecule has 0 aliphatic carbocycles. The normalized spacial score (nSPS) is 19.2. The van der Waals surface area contributed by atoms with Crippen LogP contribution in [0.2, 0.25) is 5.02 Å². The largest absolute Gasteiger partial charge is 0.495 e. The Balaban J connectivity index is 1.83. The standard InChI is InChI=1S/C20H19ClN4OS/c1-24-11-5-7-16(24)19-18(15-6-3-4-10-22-15)23-20(27)25(19)13-8-9-17(26-2)14(21)12-13/h3-12,18-19H,1-2H3,(H,23,27)/t18-,19-/m0/s1. The Hall–Kier alpha value is -2.57. The average Bonchev–Trinajstić information content (AvgIpc) is 3.25. The van der Waals surface area contributed by atoms with E-state index >= 15 is 0 Å². The molecule has 2 atom stereocenters. The Kier molecular flexibility index (Phi) is 4.76. The van der Waals surface area contributed by atoms with E-state index < -0.39 is 0 Å². The summed E-state index contributed by atoms with van der Waals surface area (Å²) >= 11 is 12.1. The van der Waals surface area contributed by atoms with Gasteiger partial charge in [0.25, 0.3) is 0 Å². The maximum Gasteiger partial charge on any atom is 0.174 e. The van der Waals surface area contributed by atoms with Crippen LogP contribution in [0.1, 0.15) is 23.5 Å². The zero-order valence-electron chi connectivity index (χ0n) is 15.0. The lowest BCUT2D eigenvalue weighted by Gasteiger charge is -2.28. The van der Waals surface area contributed by atoms with Crippen LogP contribution in [-0.2, 0) is 7.05 Å². The monoisotopic (exact) mass is 398 g/mol. The molecular weight excluding hydrogens is 380 g/mol. The summed E-state index contributed by atoms with van der Waals surface area (Å²) in [6, 6.07) is 15.6. The number of pyridine rings is 1. The third-order valence-electron chi connectivity index (χ3n) is 4.80. The van der Waals surface area contributed by atoms with Gasteiger partial charge in [0.1, 0.15) is 11.8 Å². The van der Waals surface area contributed by atoms with E-state index in [1.807, 2.05) is 55.7 Å². The van der Waals surface area contributed by atoms with E-state index in [-0.39, 0.29) is 12.1 Å². The summed E-state index contributed by atoms with van der Waals surface area (Å²) in [5.41, 5.74) is 2.97. The fourth-order valence-corrected chi connectivity index (χ4v) is 4.12. The summed E-state index contributed by atoms with van der Waals surface area (Å²) in [5.74, 6) is 0.634. The SMILES string of the molecule is COc1ccc(N2C(=S)N[C@@H](c3ccccn3)[C@@H]2c2cccn2C)cc1Cl. The Morgan fingerprint density at radius 2 is 2.04 bits per heavy atom. The van der Waals surface area contributed by atoms with Crippen molar-refractivity contribution in [2.75, 3.05) is 12.0 Å². The summed E-state index contributed by atoms with van der Waals surface area (Å²) in [4.78, 5) is 6.65. The number of hydrogen-bond acceptors (Lipinski definition) is 3. The van der Waals surface area contributed by atoms with Gasteiger partial charge >= 0.3 is 0 Å². The second kappa shape index (κ2) is 7.21. The minimum Gasteiger partial charge on any atom is -0.495 e. The highest BCUT2D eigenvalue weighted by Crippen LogP contribution is 2.42. The van der Waals surface area contributed by atoms with Crippen molar-refractivity contribution in [1.82, 2.24) is 14.9 Å². The molecule has 27 heavy (non-hydrogen) atoms. The van der Waals surface area contributed by atoms with Crippen LogP contribution in [0, 0.1) is 0 Å². The van der Waals surface area contributed by atoms with Gasteiger partial charge in [0.05, 0.1) is 23.9 Å². The van der Waals surface area contributed by atoms with E-state index in [0.29, 0.717) is 15.9 Å². The molecule has 7 heteroatoms. The van der Waals surface area contributed by atoms with Crippen molar-refractivity contribution in [1.29, 1.82) is 0 Å². The highest BCUT2D eigenvalue weighted by molar-refractivity contribution is 7.80. The first-order chi connectivity index (χ1) is 13.1. The molecule has 3 aromatic rings. The first-order valence-electron chi connectivity index (χ1n) is 8.55. The van der Waals surface area contributed by atoms with Crippen LogP contribution in [0.25, 0.3) is 0 Å². The van der Waals surface area contributed by atoms with Gasteiger partial charge in [-0.2, -0.15) is 0 Å². The van der Waals surface area contributed by atoms with E-state index in [9.17, 15) is 0 Å². The maximum absolute atomic E-state index is 6.38. The van der Waals surface area contributed by atoms with Crippen LogP contribution in [0.4, 0.5) is 5.69 Å². The highest BCUT2D eigenvalue weighted by Gasteiger charge is 2.41. The van der Waals surface area contributed by atoms with Crippen molar-refractivity contribution in [2.45, 2.75) is 12.1 Å². The van der Waals surface area contributed by atoms with E-state index in [0.717, 1.165) is 17.1 Å². The van der Waals surface area contributed by atoms with Gasteiger partial charge in [-0.05, 0) is 54.7 Å². The number of halogens is 1. The van der Waals surface area contributed by atoms with Crippen LogP contribution in [0.5, 0.6) is 5.75 Å². The van der Waals surface area contributed by atoms with Crippen molar-refractivity contribution in [3.8, 4) is 5.75 Å². The van der Waals surface area contributed by atoms with Crippen molar-refractivity contribution in [2.24, 2.45) is 7.05 Å². The van der Waals surface area contributed by atoms with Gasteiger partial charge < -0.3 is 19.5 Å². The second-order valence-corrected chi connectivity index (χ2v) is 7.15. The lowest BCUT2D eigenvalue weighted by atomic mass is 10.0. The summed E-state index contributed by atoms with van der Waals surface area (Å²) in [7, 11) is 3.64. The van der Waals surface area contributed by atoms with Crippen molar-refractivity contribution >= 4 is 34.6 Å². The molecule has 3 heterocycles. The molecule has 1 saturated heterocycles. The summed E-state index contributed by atoms with van der Waals surface area (Å²) in [6.07, 6.45) is 3.83. The summed E-state index contributed by atoms with van der Waals surface area (Å²) < 4.78 is 7.39. The number of ether oxygens (including phenoxy) is 1. The van der Waals surface area contributed by atoms with E-state index in [1.54, 1.807) is 13.3 Å². The molecule has 1 aliphatic heterocycles. The molecule has 0 unspecified atom stereocenters. The number of nitrogens with zero attached hydrogens (tertiary/aromatic N) is 3. The Morgan fingerprint density at radius 3 is 2.67 bits per heavy atom. The third-order valence-corrected chi connectivity index (χ3v) is 5.41. The number of rotatable bonds is 4. The minimum absolute atomic E-state index is 0.0585. The summed E-state index contributed by atoms with van der Waals surface area (Å²) in [6.45, 7) is 0. The first-order valence-corrected chi connectivity index (χ1v) is 9.34. The van der Waals surface area contributed by atoms with Gasteiger partial charge in [-0.3, -0.25) is 4.98 Å². The molecule has 2 aromatic heterocycles. The van der Waals surface area contributed by atoms with Crippen molar-refractivity contribution < 1.29 is 4.74 Å². The molecule has 5 nitrogen and oxygen atoms in total. The molecule has 1 aromatic carbocycles. The van der Waals surface area contributed by atoms with E-state index in [4.69, 9.17) is 28.6 Å². The fraction of sp³-hybridized carbons (Fsp3) is 0.200. The predicted octanol–water partition coefficient (Wildman–Crippen LogP) is 4.26. The second-order valence-electron chi connectivity index (χ2n) is 6.36. The number of hydrogen-bond donors (Lipinski definition) is 1. The van der Waals surface area contributed by atoms with Crippen LogP contribution in [0.15, 0.2) is 60.9 Å². The van der Waals surface area contributed by atoms with Crippen LogP contribution >= 0.6 is 23.8 Å². The van der Waals surface area contributed by atoms with Gasteiger partial charge in [-0.1, -0.05) is 17.7 Å². The van der Waals surface area contributed by atoms with Crippen LogP contribution in [-0.4, -0.2) is 21.8 Å². The molecule has 0 radical (unpaired) electrons. The maximum atomic E-state index is 6.38. The molecule has 0 bridgehead atoms. The lowest BCUT2D eigenvalue weighted by Crippen LogP contribution is -2.30. The molecular formula is C20H19ClN4OS. The number of aromatic nitrogens is 2. The minimum atomic E-state index is -0.0758. The van der Waals surface area contributed by atoms with Gasteiger partial charge in [0.15, 0.2) is 5.11 Å². The van der Waals surface area contributed by atoms with Gasteiger partial charge in [0, 0.05) is 30.8 Å². The molecule has 4 rings (SSSR count). The van der Waals surface area contributed by atoms with Gasteiger partial charge in [-0.15, -0.1) is 0 Å². The molecule has 0 amide bonds. The Bertz CT molecular complexity index is 975. The zero-order valence-corrected chi connectivity index (χ0v) is 16.5. The lowest BCUT2D eigenvalue weighted by molar-refractivity contribution is 0.415. The third kappa shape index (κ3) is 3.15. The van der Waals surface area contributed by atoms with Crippen molar-refractivity contribution in [3.05, 3.63) is 77.3 Å². The van der Waals surface area contributed by atoms with E-state index in [2.05, 4.69) is 25.8 Å². The van der Waals surface area contributed by atoms with Crippen molar-refractivity contribution in [3.63, 3.8) is 0 Å². The van der Waals surface area contributed by atoms with Crippen LogP contribution < -0.4 is 15.0 Å². The fourth-order valence-electron chi connectivity index (χ4n) is 3.52. The number of nitrogens with one attached hydrogen (secondary N) is 1. The number of aryl methyl sites for hydroxylation is 1. The molecule has 0 spiro atoms. The Morgan fingerprint density at radius 1 is 1.19 bits per heavy atom. The molecule has 1 aliphatic rings. The zero-order chi connectivity index (χ0) is 19.0. The topological polar surface area (TPSA) is 42.3 Å². The smallest absolute Gasteiger partial charge is 0.174 e. The van der Waals surface area contributed by atoms with Crippen LogP contribution in [0.3, 0.4) is 0 Å².